The molecule has 0 radical (unpaired) electrons. The number of halogens is 3. The van der Waals surface area contributed by atoms with Crippen LogP contribution in [0.3, 0.4) is 0 Å². The Bertz CT molecular complexity index is 343. The van der Waals surface area contributed by atoms with E-state index in [1.807, 2.05) is 0 Å². The standard InChI is InChI=1S/C5H3F3N2O3/c6-5(7,8)1-2(4(11)12)10-13-3(1)9/h9H2,(H,11,12). The highest BCUT2D eigenvalue weighted by Crippen LogP contribution is 2.35. The van der Waals surface area contributed by atoms with Gasteiger partial charge in [-0.1, -0.05) is 5.16 Å². The monoisotopic (exact) mass is 196 g/mol. The summed E-state index contributed by atoms with van der Waals surface area (Å²) in [6.45, 7) is 0. The molecule has 1 aromatic heterocycles. The fourth-order valence-corrected chi connectivity index (χ4v) is 0.723. The lowest BCUT2D eigenvalue weighted by Crippen LogP contribution is -2.13. The summed E-state index contributed by atoms with van der Waals surface area (Å²) in [6.07, 6.45) is -4.88. The number of anilines is 1. The molecule has 0 aromatic carbocycles. The predicted molar refractivity (Wildman–Crippen MR) is 32.9 cm³/mol. The summed E-state index contributed by atoms with van der Waals surface area (Å²) in [6, 6.07) is 0. The summed E-state index contributed by atoms with van der Waals surface area (Å²) in [5.74, 6) is -2.89. The number of nitrogens with two attached hydrogens (primary N) is 1. The number of carboxylic acids is 1. The number of nitrogen functional groups attached to an aromatic ring is 1. The van der Waals surface area contributed by atoms with Crippen LogP contribution in [-0.2, 0) is 6.18 Å². The molecule has 0 aliphatic carbocycles. The molecule has 72 valence electrons. The van der Waals surface area contributed by atoms with Crippen LogP contribution in [0, 0.1) is 0 Å². The highest BCUT2D eigenvalue weighted by Gasteiger charge is 2.41. The fourth-order valence-electron chi connectivity index (χ4n) is 0.723. The van der Waals surface area contributed by atoms with Crippen LogP contribution in [0.1, 0.15) is 16.1 Å². The molecule has 0 saturated carbocycles. The van der Waals surface area contributed by atoms with Crippen molar-refractivity contribution < 1.29 is 27.6 Å². The summed E-state index contributed by atoms with van der Waals surface area (Å²) in [7, 11) is 0. The Kier molecular flexibility index (Phi) is 1.90. The second-order valence-electron chi connectivity index (χ2n) is 2.07. The summed E-state index contributed by atoms with van der Waals surface area (Å²) < 4.78 is 40.1. The molecule has 8 heteroatoms. The van der Waals surface area contributed by atoms with Gasteiger partial charge in [0.25, 0.3) is 0 Å². The predicted octanol–water partition coefficient (Wildman–Crippen LogP) is 0.974. The third-order valence-electron chi connectivity index (χ3n) is 1.20. The van der Waals surface area contributed by atoms with Crippen LogP contribution in [-0.4, -0.2) is 16.2 Å². The Balaban J connectivity index is 3.33. The van der Waals surface area contributed by atoms with Crippen molar-refractivity contribution in [2.45, 2.75) is 6.18 Å². The molecule has 0 aliphatic rings. The summed E-state index contributed by atoms with van der Waals surface area (Å²) in [4.78, 5) is 10.2. The van der Waals surface area contributed by atoms with E-state index in [1.165, 1.54) is 0 Å². The van der Waals surface area contributed by atoms with Crippen molar-refractivity contribution in [3.8, 4) is 0 Å². The molecule has 1 rings (SSSR count). The largest absolute Gasteiger partial charge is 0.476 e. The molecular weight excluding hydrogens is 193 g/mol. The van der Waals surface area contributed by atoms with Crippen LogP contribution in [0.4, 0.5) is 19.1 Å². The zero-order valence-electron chi connectivity index (χ0n) is 5.92. The number of aromatic nitrogens is 1. The molecule has 1 heterocycles. The molecule has 0 bridgehead atoms. The Morgan fingerprint density at radius 2 is 2.08 bits per heavy atom. The quantitative estimate of drug-likeness (QED) is 0.698. The molecule has 0 spiro atoms. The molecule has 0 unspecified atom stereocenters. The van der Waals surface area contributed by atoms with E-state index in [1.54, 1.807) is 0 Å². The van der Waals surface area contributed by atoms with Gasteiger partial charge in [0.2, 0.25) is 11.6 Å². The second kappa shape index (κ2) is 2.64. The van der Waals surface area contributed by atoms with Gasteiger partial charge in [-0.15, -0.1) is 0 Å². The Morgan fingerprint density at radius 3 is 2.38 bits per heavy atom. The zero-order chi connectivity index (χ0) is 10.2. The van der Waals surface area contributed by atoms with Gasteiger partial charge in [0, 0.05) is 0 Å². The van der Waals surface area contributed by atoms with Gasteiger partial charge in [0.1, 0.15) is 0 Å². The van der Waals surface area contributed by atoms with Gasteiger partial charge in [-0.05, 0) is 0 Å². The lowest BCUT2D eigenvalue weighted by Gasteiger charge is -2.03. The van der Waals surface area contributed by atoms with E-state index in [0.29, 0.717) is 0 Å². The van der Waals surface area contributed by atoms with Crippen molar-refractivity contribution in [1.82, 2.24) is 5.16 Å². The van der Waals surface area contributed by atoms with Crippen molar-refractivity contribution in [2.75, 3.05) is 5.73 Å². The Hall–Kier alpha value is -1.73. The maximum atomic E-state index is 12.1. The number of hydrogen-bond donors (Lipinski definition) is 2. The number of alkyl halides is 3. The first-order valence-corrected chi connectivity index (χ1v) is 2.89. The van der Waals surface area contributed by atoms with Crippen molar-refractivity contribution in [3.63, 3.8) is 0 Å². The number of hydrogen-bond acceptors (Lipinski definition) is 4. The van der Waals surface area contributed by atoms with Crippen molar-refractivity contribution in [2.24, 2.45) is 0 Å². The van der Waals surface area contributed by atoms with E-state index in [2.05, 4.69) is 9.68 Å². The molecule has 0 aliphatic heterocycles. The lowest BCUT2D eigenvalue weighted by molar-refractivity contribution is -0.137. The fraction of sp³-hybridized carbons (Fsp3) is 0.200. The summed E-state index contributed by atoms with van der Waals surface area (Å²) in [5.41, 5.74) is 1.97. The van der Waals surface area contributed by atoms with Gasteiger partial charge in [0.05, 0.1) is 0 Å². The third-order valence-corrected chi connectivity index (χ3v) is 1.20. The van der Waals surface area contributed by atoms with E-state index in [0.717, 1.165) is 0 Å². The smallest absolute Gasteiger partial charge is 0.424 e. The highest BCUT2D eigenvalue weighted by atomic mass is 19.4. The molecule has 1 aromatic rings. The molecule has 13 heavy (non-hydrogen) atoms. The van der Waals surface area contributed by atoms with E-state index in [4.69, 9.17) is 10.8 Å². The average molecular weight is 196 g/mol. The molecule has 0 saturated heterocycles. The van der Waals surface area contributed by atoms with Crippen LogP contribution in [0.15, 0.2) is 4.52 Å². The minimum atomic E-state index is -4.88. The first-order valence-electron chi connectivity index (χ1n) is 2.89. The first-order chi connectivity index (χ1) is 5.84. The van der Waals surface area contributed by atoms with Crippen LogP contribution >= 0.6 is 0 Å². The molecular formula is C5H3F3N2O3. The minimum absolute atomic E-state index is 1.05. The van der Waals surface area contributed by atoms with E-state index in [9.17, 15) is 18.0 Å². The Labute approximate surface area is 68.9 Å². The van der Waals surface area contributed by atoms with Crippen molar-refractivity contribution >= 4 is 11.9 Å². The molecule has 0 amide bonds. The average Bonchev–Trinajstić information content (AvgIpc) is 2.28. The van der Waals surface area contributed by atoms with Crippen molar-refractivity contribution in [1.29, 1.82) is 0 Å². The van der Waals surface area contributed by atoms with Crippen LogP contribution in [0.25, 0.3) is 0 Å². The van der Waals surface area contributed by atoms with Gasteiger partial charge >= 0.3 is 12.1 Å². The number of nitrogens with zero attached hydrogens (tertiary/aromatic N) is 1. The van der Waals surface area contributed by atoms with Crippen LogP contribution in [0.5, 0.6) is 0 Å². The van der Waals surface area contributed by atoms with E-state index >= 15 is 0 Å². The maximum Gasteiger partial charge on any atom is 0.424 e. The number of carboxylic acid groups (broad SMARTS) is 1. The first kappa shape index (κ1) is 9.36. The molecule has 0 fully saturated rings. The third kappa shape index (κ3) is 1.55. The van der Waals surface area contributed by atoms with Crippen LogP contribution < -0.4 is 5.73 Å². The lowest BCUT2D eigenvalue weighted by atomic mass is 10.2. The zero-order valence-corrected chi connectivity index (χ0v) is 5.92. The maximum absolute atomic E-state index is 12.1. The second-order valence-corrected chi connectivity index (χ2v) is 2.07. The van der Waals surface area contributed by atoms with Crippen LogP contribution in [0.2, 0.25) is 0 Å². The summed E-state index contributed by atoms with van der Waals surface area (Å²) >= 11 is 0. The summed E-state index contributed by atoms with van der Waals surface area (Å²) in [5, 5.41) is 10.9. The molecule has 5 nitrogen and oxygen atoms in total. The SMILES string of the molecule is Nc1onc(C(=O)O)c1C(F)(F)F. The minimum Gasteiger partial charge on any atom is -0.476 e. The van der Waals surface area contributed by atoms with Gasteiger partial charge < -0.3 is 15.4 Å². The van der Waals surface area contributed by atoms with Crippen molar-refractivity contribution in [3.05, 3.63) is 11.3 Å². The van der Waals surface area contributed by atoms with Gasteiger partial charge in [-0.2, -0.15) is 13.2 Å². The van der Waals surface area contributed by atoms with E-state index in [-0.39, 0.29) is 0 Å². The molecule has 0 atom stereocenters. The topological polar surface area (TPSA) is 89.4 Å². The molecule has 3 N–H and O–H groups in total. The number of aromatic carboxylic acids is 1. The van der Waals surface area contributed by atoms with Gasteiger partial charge in [-0.25, -0.2) is 4.79 Å². The normalized spacial score (nSPS) is 11.6. The van der Waals surface area contributed by atoms with E-state index < -0.39 is 29.3 Å². The van der Waals surface area contributed by atoms with Gasteiger partial charge in [0.15, 0.2) is 5.56 Å². The van der Waals surface area contributed by atoms with Gasteiger partial charge in [-0.3, -0.25) is 0 Å². The number of rotatable bonds is 1. The highest BCUT2D eigenvalue weighted by molar-refractivity contribution is 5.88. The number of carbonyl (C=O) groups is 1. The Morgan fingerprint density at radius 1 is 1.54 bits per heavy atom.